The van der Waals surface area contributed by atoms with Gasteiger partial charge in [0.15, 0.2) is 0 Å². The van der Waals surface area contributed by atoms with Gasteiger partial charge >= 0.3 is 12.1 Å². The zero-order valence-electron chi connectivity index (χ0n) is 10.1. The molecular formula is C12H11FINO4. The van der Waals surface area contributed by atoms with Gasteiger partial charge in [-0.1, -0.05) is 0 Å². The molecule has 102 valence electrons. The van der Waals surface area contributed by atoms with Crippen molar-refractivity contribution in [3.05, 3.63) is 27.6 Å². The van der Waals surface area contributed by atoms with Crippen LogP contribution in [0.15, 0.2) is 18.2 Å². The quantitative estimate of drug-likeness (QED) is 0.598. The van der Waals surface area contributed by atoms with Gasteiger partial charge in [0.1, 0.15) is 25.1 Å². The molecule has 1 aromatic carbocycles. The van der Waals surface area contributed by atoms with Crippen molar-refractivity contribution in [1.82, 2.24) is 0 Å². The summed E-state index contributed by atoms with van der Waals surface area (Å²) in [6.45, 7) is 1.42. The summed E-state index contributed by atoms with van der Waals surface area (Å²) < 4.78 is 23.8. The summed E-state index contributed by atoms with van der Waals surface area (Å²) in [7, 11) is 0. The van der Waals surface area contributed by atoms with Crippen molar-refractivity contribution in [2.75, 3.05) is 18.1 Å². The van der Waals surface area contributed by atoms with Crippen LogP contribution in [-0.4, -0.2) is 31.3 Å². The highest BCUT2D eigenvalue weighted by Crippen LogP contribution is 2.26. The first kappa shape index (κ1) is 14.0. The maximum atomic E-state index is 13.5. The fraction of sp³-hybridized carbons (Fsp3) is 0.333. The number of rotatable bonds is 3. The lowest BCUT2D eigenvalue weighted by Crippen LogP contribution is -2.37. The topological polar surface area (TPSA) is 55.8 Å². The number of esters is 1. The summed E-state index contributed by atoms with van der Waals surface area (Å²) in [5, 5.41) is 0. The first-order valence-electron chi connectivity index (χ1n) is 5.53. The van der Waals surface area contributed by atoms with Crippen LogP contribution >= 0.6 is 22.6 Å². The molecule has 7 heteroatoms. The third kappa shape index (κ3) is 3.14. The van der Waals surface area contributed by atoms with Crippen LogP contribution in [0.3, 0.4) is 0 Å². The molecule has 0 aliphatic carbocycles. The monoisotopic (exact) mass is 379 g/mol. The fourth-order valence-electron chi connectivity index (χ4n) is 1.75. The number of halogens is 2. The Morgan fingerprint density at radius 3 is 3.00 bits per heavy atom. The van der Waals surface area contributed by atoms with Crippen LogP contribution in [0, 0.1) is 9.39 Å². The van der Waals surface area contributed by atoms with Crippen molar-refractivity contribution in [1.29, 1.82) is 0 Å². The molecule has 0 saturated carbocycles. The van der Waals surface area contributed by atoms with Crippen molar-refractivity contribution >= 4 is 40.3 Å². The summed E-state index contributed by atoms with van der Waals surface area (Å²) >= 11 is 1.86. The predicted molar refractivity (Wildman–Crippen MR) is 73.4 cm³/mol. The Bertz CT molecular complexity index is 522. The molecule has 0 spiro atoms. The SMILES string of the molecule is CC(=O)OC[C@H]1COC(=O)N1c1ccc(I)c(F)c1. The van der Waals surface area contributed by atoms with E-state index in [1.54, 1.807) is 12.1 Å². The Hall–Kier alpha value is -1.38. The number of carbonyl (C=O) groups is 2. The summed E-state index contributed by atoms with van der Waals surface area (Å²) in [6.07, 6.45) is -0.572. The molecule has 0 bridgehead atoms. The Labute approximate surface area is 122 Å². The standard InChI is InChI=1S/C12H11FINO4/c1-7(16)18-5-9-6-19-12(17)15(9)8-2-3-11(14)10(13)4-8/h2-4,9H,5-6H2,1H3/t9-/m0/s1. The number of nitrogens with zero attached hydrogens (tertiary/aromatic N) is 1. The van der Waals surface area contributed by atoms with E-state index in [1.807, 2.05) is 22.6 Å². The molecule has 0 aromatic heterocycles. The van der Waals surface area contributed by atoms with Crippen molar-refractivity contribution in [2.45, 2.75) is 13.0 Å². The van der Waals surface area contributed by atoms with Gasteiger partial charge in [-0.3, -0.25) is 9.69 Å². The maximum absolute atomic E-state index is 13.5. The average molecular weight is 379 g/mol. The van der Waals surface area contributed by atoms with Gasteiger partial charge in [-0.2, -0.15) is 0 Å². The number of carbonyl (C=O) groups excluding carboxylic acids is 2. The van der Waals surface area contributed by atoms with Gasteiger partial charge in [0.25, 0.3) is 0 Å². The molecule has 2 rings (SSSR count). The van der Waals surface area contributed by atoms with Gasteiger partial charge in [0.05, 0.1) is 5.69 Å². The molecule has 1 atom stereocenters. The van der Waals surface area contributed by atoms with E-state index in [0.29, 0.717) is 9.26 Å². The smallest absolute Gasteiger partial charge is 0.414 e. The number of anilines is 1. The second-order valence-electron chi connectivity index (χ2n) is 4.00. The van der Waals surface area contributed by atoms with E-state index in [2.05, 4.69) is 0 Å². The Morgan fingerprint density at radius 2 is 2.37 bits per heavy atom. The van der Waals surface area contributed by atoms with E-state index in [0.717, 1.165) is 0 Å². The lowest BCUT2D eigenvalue weighted by molar-refractivity contribution is -0.141. The third-order valence-corrected chi connectivity index (χ3v) is 3.50. The number of benzene rings is 1. The minimum Gasteiger partial charge on any atom is -0.464 e. The molecule has 1 heterocycles. The zero-order chi connectivity index (χ0) is 14.0. The van der Waals surface area contributed by atoms with Gasteiger partial charge in [-0.15, -0.1) is 0 Å². The van der Waals surface area contributed by atoms with Crippen LogP contribution in [0.2, 0.25) is 0 Å². The second kappa shape index (κ2) is 5.72. The van der Waals surface area contributed by atoms with E-state index < -0.39 is 23.9 Å². The molecule has 1 aliphatic heterocycles. The van der Waals surface area contributed by atoms with Gasteiger partial charge in [0.2, 0.25) is 0 Å². The van der Waals surface area contributed by atoms with Crippen LogP contribution in [0.4, 0.5) is 14.9 Å². The predicted octanol–water partition coefficient (Wildman–Crippen LogP) is 2.32. The normalized spacial score (nSPS) is 18.4. The van der Waals surface area contributed by atoms with Gasteiger partial charge in [-0.05, 0) is 40.8 Å². The fourth-order valence-corrected chi connectivity index (χ4v) is 2.08. The van der Waals surface area contributed by atoms with Crippen LogP contribution in [0.25, 0.3) is 0 Å². The Morgan fingerprint density at radius 1 is 1.63 bits per heavy atom. The van der Waals surface area contributed by atoms with Gasteiger partial charge < -0.3 is 9.47 Å². The van der Waals surface area contributed by atoms with Crippen LogP contribution in [-0.2, 0) is 14.3 Å². The zero-order valence-corrected chi connectivity index (χ0v) is 12.2. The largest absolute Gasteiger partial charge is 0.464 e. The van der Waals surface area contributed by atoms with Crippen LogP contribution in [0.1, 0.15) is 6.92 Å². The van der Waals surface area contributed by atoms with E-state index >= 15 is 0 Å². The molecule has 1 aromatic rings. The molecule has 1 fully saturated rings. The maximum Gasteiger partial charge on any atom is 0.414 e. The third-order valence-electron chi connectivity index (χ3n) is 2.62. The van der Waals surface area contributed by atoms with Gasteiger partial charge in [-0.25, -0.2) is 9.18 Å². The number of hydrogen-bond acceptors (Lipinski definition) is 4. The van der Waals surface area contributed by atoms with Crippen molar-refractivity contribution in [2.24, 2.45) is 0 Å². The summed E-state index contributed by atoms with van der Waals surface area (Å²) in [5.41, 5.74) is 0.387. The van der Waals surface area contributed by atoms with E-state index in [-0.39, 0.29) is 13.2 Å². The minimum absolute atomic E-state index is 0.0225. The van der Waals surface area contributed by atoms with E-state index in [9.17, 15) is 14.0 Å². The van der Waals surface area contributed by atoms with Gasteiger partial charge in [0, 0.05) is 10.5 Å². The Kier molecular flexibility index (Phi) is 4.23. The number of cyclic esters (lactones) is 1. The van der Waals surface area contributed by atoms with E-state index in [1.165, 1.54) is 17.9 Å². The number of amides is 1. The highest BCUT2D eigenvalue weighted by molar-refractivity contribution is 14.1. The summed E-state index contributed by atoms with van der Waals surface area (Å²) in [5.74, 6) is -0.850. The second-order valence-corrected chi connectivity index (χ2v) is 5.16. The van der Waals surface area contributed by atoms with E-state index in [4.69, 9.17) is 9.47 Å². The lowest BCUT2D eigenvalue weighted by Gasteiger charge is -2.21. The molecule has 5 nitrogen and oxygen atoms in total. The minimum atomic E-state index is -0.572. The highest BCUT2D eigenvalue weighted by atomic mass is 127. The van der Waals surface area contributed by atoms with Crippen molar-refractivity contribution in [3.63, 3.8) is 0 Å². The van der Waals surface area contributed by atoms with Crippen LogP contribution in [0.5, 0.6) is 0 Å². The van der Waals surface area contributed by atoms with Crippen molar-refractivity contribution < 1.29 is 23.5 Å². The van der Waals surface area contributed by atoms with Crippen molar-refractivity contribution in [3.8, 4) is 0 Å². The highest BCUT2D eigenvalue weighted by Gasteiger charge is 2.35. The first-order chi connectivity index (χ1) is 8.99. The molecule has 1 amide bonds. The molecule has 0 radical (unpaired) electrons. The molecule has 0 N–H and O–H groups in total. The molecule has 1 aliphatic rings. The lowest BCUT2D eigenvalue weighted by atomic mass is 10.2. The van der Waals surface area contributed by atoms with Crippen LogP contribution < -0.4 is 4.90 Å². The first-order valence-corrected chi connectivity index (χ1v) is 6.61. The molecule has 19 heavy (non-hydrogen) atoms. The number of hydrogen-bond donors (Lipinski definition) is 0. The molecule has 0 unspecified atom stereocenters. The molecular weight excluding hydrogens is 368 g/mol. The summed E-state index contributed by atoms with van der Waals surface area (Å²) in [4.78, 5) is 23.8. The molecule has 1 saturated heterocycles. The Balaban J connectivity index is 2.20. The summed E-state index contributed by atoms with van der Waals surface area (Å²) in [6, 6.07) is 4.02. The average Bonchev–Trinajstić information content (AvgIpc) is 2.71. The number of ether oxygens (including phenoxy) is 2.